The van der Waals surface area contributed by atoms with Gasteiger partial charge in [0.05, 0.1) is 16.6 Å². The molecule has 1 aliphatic rings. The first kappa shape index (κ1) is 27.4. The number of carbonyl (C=O) groups is 3. The minimum atomic E-state index is -0.413. The van der Waals surface area contributed by atoms with Crippen LogP contribution in [0, 0.1) is 0 Å². The van der Waals surface area contributed by atoms with Crippen LogP contribution < -0.4 is 15.5 Å². The van der Waals surface area contributed by atoms with E-state index in [9.17, 15) is 14.4 Å². The molecule has 0 fully saturated rings. The molecular formula is C29H34ClN5O3. The van der Waals surface area contributed by atoms with E-state index in [0.717, 1.165) is 72.5 Å². The molecule has 8 nitrogen and oxygen atoms in total. The molecule has 200 valence electrons. The maximum atomic E-state index is 12.9. The molecule has 9 heteroatoms. The topological polar surface area (TPSA) is 94.6 Å². The lowest BCUT2D eigenvalue weighted by Gasteiger charge is -2.21. The number of anilines is 2. The fraction of sp³-hybridized carbons (Fsp3) is 0.379. The van der Waals surface area contributed by atoms with Crippen molar-refractivity contribution in [3.05, 3.63) is 64.8 Å². The number of fused-ring (bicyclic) bond motifs is 2. The van der Waals surface area contributed by atoms with Crippen molar-refractivity contribution in [2.45, 2.75) is 39.5 Å². The number of aromatic nitrogens is 1. The van der Waals surface area contributed by atoms with E-state index in [1.807, 2.05) is 44.2 Å². The van der Waals surface area contributed by atoms with Crippen LogP contribution in [0.1, 0.15) is 60.2 Å². The molecule has 0 aliphatic carbocycles. The van der Waals surface area contributed by atoms with E-state index < -0.39 is 11.8 Å². The Morgan fingerprint density at radius 1 is 0.921 bits per heavy atom. The van der Waals surface area contributed by atoms with Gasteiger partial charge in [-0.25, -0.2) is 0 Å². The van der Waals surface area contributed by atoms with Gasteiger partial charge in [-0.05, 0) is 69.2 Å². The maximum absolute atomic E-state index is 12.9. The third-order valence-electron chi connectivity index (χ3n) is 6.83. The van der Waals surface area contributed by atoms with Crippen molar-refractivity contribution in [1.82, 2.24) is 15.2 Å². The molecule has 2 N–H and O–H groups in total. The van der Waals surface area contributed by atoms with Gasteiger partial charge in [0, 0.05) is 54.2 Å². The van der Waals surface area contributed by atoms with Crippen molar-refractivity contribution in [3.63, 3.8) is 0 Å². The van der Waals surface area contributed by atoms with Crippen LogP contribution in [0.3, 0.4) is 0 Å². The predicted octanol–water partition coefficient (Wildman–Crippen LogP) is 5.12. The summed E-state index contributed by atoms with van der Waals surface area (Å²) in [5.41, 5.74) is 3.52. The van der Waals surface area contributed by atoms with Crippen LogP contribution in [-0.2, 0) is 4.79 Å². The first-order valence-electron chi connectivity index (χ1n) is 13.2. The summed E-state index contributed by atoms with van der Waals surface area (Å²) in [6.07, 6.45) is 5.59. The smallest absolute Gasteiger partial charge is 0.262 e. The Morgan fingerprint density at radius 2 is 1.66 bits per heavy atom. The highest BCUT2D eigenvalue weighted by atomic mass is 35.5. The highest BCUT2D eigenvalue weighted by molar-refractivity contribution is 6.31. The summed E-state index contributed by atoms with van der Waals surface area (Å²) < 4.78 is 0. The second kappa shape index (κ2) is 12.7. The standard InChI is InChI=1S/C29H34ClN5O3/c1-3-34(4-2)21-10-12-22-24(18-21)29(38)35(28(22)37)19-27(36)33-15-8-6-5-7-14-31-25-13-16-32-26-17-20(30)9-11-23(25)26/h9-13,16-18H,3-8,14-15,19H2,1-2H3,(H,31,32)(H,33,36). The number of hydrogen-bond acceptors (Lipinski definition) is 6. The van der Waals surface area contributed by atoms with E-state index in [0.29, 0.717) is 22.7 Å². The van der Waals surface area contributed by atoms with Gasteiger partial charge in [-0.1, -0.05) is 24.4 Å². The summed E-state index contributed by atoms with van der Waals surface area (Å²) in [5.74, 6) is -1.15. The number of halogens is 1. The molecule has 0 spiro atoms. The van der Waals surface area contributed by atoms with Crippen molar-refractivity contribution in [2.75, 3.05) is 42.9 Å². The molecule has 3 aromatic rings. The molecule has 0 saturated carbocycles. The largest absolute Gasteiger partial charge is 0.384 e. The third kappa shape index (κ3) is 6.25. The fourth-order valence-corrected chi connectivity index (χ4v) is 4.90. The molecule has 0 unspecified atom stereocenters. The van der Waals surface area contributed by atoms with Gasteiger partial charge in [0.1, 0.15) is 6.54 Å². The molecule has 1 aliphatic heterocycles. The SMILES string of the molecule is CCN(CC)c1ccc2c(c1)C(=O)N(CC(=O)NCCCCCCNc1ccnc3cc(Cl)ccc13)C2=O. The van der Waals surface area contributed by atoms with Gasteiger partial charge < -0.3 is 15.5 Å². The first-order chi connectivity index (χ1) is 18.4. The van der Waals surface area contributed by atoms with Crippen LogP contribution in [0.4, 0.5) is 11.4 Å². The lowest BCUT2D eigenvalue weighted by molar-refractivity contribution is -0.121. The van der Waals surface area contributed by atoms with Crippen molar-refractivity contribution in [3.8, 4) is 0 Å². The van der Waals surface area contributed by atoms with Crippen molar-refractivity contribution < 1.29 is 14.4 Å². The molecule has 0 saturated heterocycles. The molecule has 2 aromatic carbocycles. The number of amides is 3. The van der Waals surface area contributed by atoms with E-state index in [2.05, 4.69) is 20.5 Å². The van der Waals surface area contributed by atoms with Gasteiger partial charge in [-0.2, -0.15) is 0 Å². The summed E-state index contributed by atoms with van der Waals surface area (Å²) in [5, 5.41) is 8.02. The average molecular weight is 536 g/mol. The Labute approximate surface area is 228 Å². The number of nitrogens with zero attached hydrogens (tertiary/aromatic N) is 3. The van der Waals surface area contributed by atoms with Gasteiger partial charge in [0.15, 0.2) is 0 Å². The van der Waals surface area contributed by atoms with Crippen LogP contribution in [-0.4, -0.2) is 60.3 Å². The van der Waals surface area contributed by atoms with Crippen LogP contribution in [0.5, 0.6) is 0 Å². The van der Waals surface area contributed by atoms with Crippen molar-refractivity contribution in [2.24, 2.45) is 0 Å². The molecule has 1 aromatic heterocycles. The molecule has 0 radical (unpaired) electrons. The van der Waals surface area contributed by atoms with Crippen molar-refractivity contribution >= 4 is 51.6 Å². The molecule has 3 amide bonds. The van der Waals surface area contributed by atoms with Crippen LogP contribution >= 0.6 is 11.6 Å². The highest BCUT2D eigenvalue weighted by Crippen LogP contribution is 2.27. The van der Waals surface area contributed by atoms with Gasteiger partial charge >= 0.3 is 0 Å². The molecular weight excluding hydrogens is 502 g/mol. The molecule has 4 rings (SSSR count). The summed E-state index contributed by atoms with van der Waals surface area (Å²) in [6.45, 7) is 6.77. The van der Waals surface area contributed by atoms with Crippen molar-refractivity contribution in [1.29, 1.82) is 0 Å². The molecule has 0 atom stereocenters. The molecule has 38 heavy (non-hydrogen) atoms. The summed E-state index contributed by atoms with van der Waals surface area (Å²) in [6, 6.07) is 12.9. The number of carbonyl (C=O) groups excluding carboxylic acids is 3. The monoisotopic (exact) mass is 535 g/mol. The first-order valence-corrected chi connectivity index (χ1v) is 13.6. The lowest BCUT2D eigenvalue weighted by atomic mass is 10.1. The number of benzene rings is 2. The Bertz CT molecular complexity index is 1320. The Balaban J connectivity index is 1.15. The molecule has 2 heterocycles. The summed E-state index contributed by atoms with van der Waals surface area (Å²) in [4.78, 5) is 45.5. The zero-order chi connectivity index (χ0) is 27.1. The van der Waals surface area contributed by atoms with Gasteiger partial charge in [-0.3, -0.25) is 24.3 Å². The van der Waals surface area contributed by atoms with E-state index in [-0.39, 0.29) is 12.5 Å². The average Bonchev–Trinajstić information content (AvgIpc) is 3.15. The number of hydrogen-bond donors (Lipinski definition) is 2. The fourth-order valence-electron chi connectivity index (χ4n) is 4.74. The normalized spacial score (nSPS) is 12.7. The van der Waals surface area contributed by atoms with E-state index in [4.69, 9.17) is 11.6 Å². The second-order valence-electron chi connectivity index (χ2n) is 9.31. The van der Waals surface area contributed by atoms with E-state index in [1.165, 1.54) is 0 Å². The number of pyridine rings is 1. The Morgan fingerprint density at radius 3 is 2.42 bits per heavy atom. The predicted molar refractivity (Wildman–Crippen MR) is 152 cm³/mol. The zero-order valence-corrected chi connectivity index (χ0v) is 22.7. The Hall–Kier alpha value is -3.65. The van der Waals surface area contributed by atoms with E-state index >= 15 is 0 Å². The van der Waals surface area contributed by atoms with Crippen LogP contribution in [0.25, 0.3) is 10.9 Å². The van der Waals surface area contributed by atoms with Gasteiger partial charge in [0.2, 0.25) is 5.91 Å². The highest BCUT2D eigenvalue weighted by Gasteiger charge is 2.37. The third-order valence-corrected chi connectivity index (χ3v) is 7.07. The minimum Gasteiger partial charge on any atom is -0.384 e. The maximum Gasteiger partial charge on any atom is 0.262 e. The summed E-state index contributed by atoms with van der Waals surface area (Å²) in [7, 11) is 0. The Kier molecular flexibility index (Phi) is 9.18. The molecule has 0 bridgehead atoms. The number of nitrogens with one attached hydrogen (secondary N) is 2. The number of rotatable bonds is 13. The quantitative estimate of drug-likeness (QED) is 0.233. The van der Waals surface area contributed by atoms with Gasteiger partial charge in [-0.15, -0.1) is 0 Å². The summed E-state index contributed by atoms with van der Waals surface area (Å²) >= 11 is 6.06. The van der Waals surface area contributed by atoms with Gasteiger partial charge in [0.25, 0.3) is 11.8 Å². The van der Waals surface area contributed by atoms with Crippen LogP contribution in [0.15, 0.2) is 48.7 Å². The lowest BCUT2D eigenvalue weighted by Crippen LogP contribution is -2.40. The minimum absolute atomic E-state index is 0.262. The van der Waals surface area contributed by atoms with E-state index in [1.54, 1.807) is 18.3 Å². The van der Waals surface area contributed by atoms with Crippen LogP contribution in [0.2, 0.25) is 5.02 Å². The second-order valence-corrected chi connectivity index (χ2v) is 9.75. The number of unbranched alkanes of at least 4 members (excludes halogenated alkanes) is 3. The zero-order valence-electron chi connectivity index (χ0n) is 21.9. The number of imide groups is 1.